The van der Waals surface area contributed by atoms with Crippen molar-refractivity contribution in [1.29, 1.82) is 0 Å². The molecule has 1 aliphatic heterocycles. The van der Waals surface area contributed by atoms with E-state index in [1.165, 1.54) is 6.20 Å². The third-order valence-corrected chi connectivity index (χ3v) is 5.16. The smallest absolute Gasteiger partial charge is 0.242 e. The quantitative estimate of drug-likeness (QED) is 0.854. The monoisotopic (exact) mass is 299 g/mol. The van der Waals surface area contributed by atoms with Crippen molar-refractivity contribution in [2.45, 2.75) is 30.7 Å². The molecule has 20 heavy (non-hydrogen) atoms. The minimum Gasteiger partial charge on any atom is -0.381 e. The number of hydrogen-bond donors (Lipinski definition) is 2. The first-order valence-corrected chi connectivity index (χ1v) is 8.25. The number of rotatable bonds is 5. The van der Waals surface area contributed by atoms with Crippen LogP contribution in [-0.2, 0) is 14.8 Å². The molecule has 1 unspecified atom stereocenters. The maximum atomic E-state index is 12.3. The van der Waals surface area contributed by atoms with Gasteiger partial charge in [-0.2, -0.15) is 0 Å². The number of pyridine rings is 1. The first-order valence-electron chi connectivity index (χ1n) is 6.77. The van der Waals surface area contributed by atoms with Crippen LogP contribution in [0.5, 0.6) is 0 Å². The molecular formula is C13H21N3O3S. The number of aromatic nitrogens is 1. The number of nitrogens with zero attached hydrogens (tertiary/aromatic N) is 1. The lowest BCUT2D eigenvalue weighted by Gasteiger charge is -2.28. The second-order valence-electron chi connectivity index (χ2n) is 4.99. The summed E-state index contributed by atoms with van der Waals surface area (Å²) in [4.78, 5) is 4.22. The lowest BCUT2D eigenvalue weighted by molar-refractivity contribution is 0.0585. The minimum absolute atomic E-state index is 0.104. The summed E-state index contributed by atoms with van der Waals surface area (Å²) < 4.78 is 32.6. The highest BCUT2D eigenvalue weighted by molar-refractivity contribution is 7.89. The van der Waals surface area contributed by atoms with Crippen LogP contribution in [0.1, 0.15) is 19.8 Å². The summed E-state index contributed by atoms with van der Waals surface area (Å²) in [6.45, 7) is 3.31. The first-order chi connectivity index (χ1) is 9.53. The highest BCUT2D eigenvalue weighted by Crippen LogP contribution is 2.20. The van der Waals surface area contributed by atoms with Gasteiger partial charge in [0, 0.05) is 32.5 Å². The van der Waals surface area contributed by atoms with Gasteiger partial charge in [-0.15, -0.1) is 0 Å². The summed E-state index contributed by atoms with van der Waals surface area (Å²) in [7, 11) is -1.78. The molecule has 1 aromatic heterocycles. The minimum atomic E-state index is -3.51. The molecule has 0 spiro atoms. The topological polar surface area (TPSA) is 80.3 Å². The standard InChI is InChI=1S/C13H21N3O3S/c1-10(11-5-7-19-8-6-11)16-20(17,18)12-3-4-13(14-2)15-9-12/h3-4,9-11,16H,5-8H2,1-2H3,(H,14,15). The summed E-state index contributed by atoms with van der Waals surface area (Å²) in [5.41, 5.74) is 0. The third-order valence-electron chi connectivity index (χ3n) is 3.62. The van der Waals surface area contributed by atoms with Crippen molar-refractivity contribution in [3.8, 4) is 0 Å². The van der Waals surface area contributed by atoms with E-state index in [-0.39, 0.29) is 10.9 Å². The molecule has 0 bridgehead atoms. The normalized spacial score (nSPS) is 18.7. The van der Waals surface area contributed by atoms with Crippen LogP contribution in [0.4, 0.5) is 5.82 Å². The predicted molar refractivity (Wildman–Crippen MR) is 77.1 cm³/mol. The van der Waals surface area contributed by atoms with E-state index in [0.717, 1.165) is 12.8 Å². The molecule has 0 saturated carbocycles. The largest absolute Gasteiger partial charge is 0.381 e. The Kier molecular flexibility index (Phi) is 4.95. The summed E-state index contributed by atoms with van der Waals surface area (Å²) in [5, 5.41) is 2.86. The average molecular weight is 299 g/mol. The van der Waals surface area contributed by atoms with Crippen LogP contribution in [0.2, 0.25) is 0 Å². The van der Waals surface area contributed by atoms with Gasteiger partial charge in [-0.3, -0.25) is 0 Å². The highest BCUT2D eigenvalue weighted by Gasteiger charge is 2.25. The third kappa shape index (κ3) is 3.68. The van der Waals surface area contributed by atoms with Crippen LogP contribution < -0.4 is 10.0 Å². The number of anilines is 1. The van der Waals surface area contributed by atoms with Gasteiger partial charge in [0.1, 0.15) is 10.7 Å². The van der Waals surface area contributed by atoms with Gasteiger partial charge in [-0.1, -0.05) is 0 Å². The summed E-state index contributed by atoms with van der Waals surface area (Å²) in [6, 6.07) is 3.10. The zero-order valence-electron chi connectivity index (χ0n) is 11.8. The Morgan fingerprint density at radius 3 is 2.60 bits per heavy atom. The van der Waals surface area contributed by atoms with E-state index in [1.807, 2.05) is 6.92 Å². The van der Waals surface area contributed by atoms with Gasteiger partial charge in [-0.05, 0) is 37.8 Å². The molecule has 2 rings (SSSR count). The molecule has 0 radical (unpaired) electrons. The Balaban J connectivity index is 2.05. The summed E-state index contributed by atoms with van der Waals surface area (Å²) in [6.07, 6.45) is 3.14. The number of ether oxygens (including phenoxy) is 1. The van der Waals surface area contributed by atoms with Gasteiger partial charge in [0.25, 0.3) is 0 Å². The van der Waals surface area contributed by atoms with Crippen LogP contribution >= 0.6 is 0 Å². The molecule has 7 heteroatoms. The number of sulfonamides is 1. The molecule has 6 nitrogen and oxygen atoms in total. The van der Waals surface area contributed by atoms with Gasteiger partial charge >= 0.3 is 0 Å². The van der Waals surface area contributed by atoms with Crippen LogP contribution in [0, 0.1) is 5.92 Å². The van der Waals surface area contributed by atoms with Crippen molar-refractivity contribution in [1.82, 2.24) is 9.71 Å². The van der Waals surface area contributed by atoms with E-state index in [1.54, 1.807) is 19.2 Å². The van der Waals surface area contributed by atoms with E-state index in [0.29, 0.717) is 24.9 Å². The average Bonchev–Trinajstić information content (AvgIpc) is 2.48. The van der Waals surface area contributed by atoms with E-state index < -0.39 is 10.0 Å². The zero-order chi connectivity index (χ0) is 14.6. The Morgan fingerprint density at radius 1 is 1.35 bits per heavy atom. The first kappa shape index (κ1) is 15.2. The second-order valence-corrected chi connectivity index (χ2v) is 6.70. The van der Waals surface area contributed by atoms with Gasteiger partial charge in [0.05, 0.1) is 0 Å². The molecule has 0 aliphatic carbocycles. The van der Waals surface area contributed by atoms with E-state index in [2.05, 4.69) is 15.0 Å². The molecule has 1 fully saturated rings. The van der Waals surface area contributed by atoms with Crippen molar-refractivity contribution < 1.29 is 13.2 Å². The number of nitrogens with one attached hydrogen (secondary N) is 2. The van der Waals surface area contributed by atoms with Crippen molar-refractivity contribution in [3.63, 3.8) is 0 Å². The summed E-state index contributed by atoms with van der Waals surface area (Å²) >= 11 is 0. The molecule has 0 aromatic carbocycles. The van der Waals surface area contributed by atoms with E-state index in [9.17, 15) is 8.42 Å². The molecule has 2 N–H and O–H groups in total. The predicted octanol–water partition coefficient (Wildman–Crippen LogP) is 1.22. The number of hydrogen-bond acceptors (Lipinski definition) is 5. The fraction of sp³-hybridized carbons (Fsp3) is 0.615. The molecular weight excluding hydrogens is 278 g/mol. The van der Waals surface area contributed by atoms with Crippen molar-refractivity contribution in [2.24, 2.45) is 5.92 Å². The second kappa shape index (κ2) is 6.51. The SMILES string of the molecule is CNc1ccc(S(=O)(=O)NC(C)C2CCOCC2)cn1. The van der Waals surface area contributed by atoms with Gasteiger partial charge in [-0.25, -0.2) is 18.1 Å². The van der Waals surface area contributed by atoms with Crippen LogP contribution in [-0.4, -0.2) is 39.7 Å². The maximum Gasteiger partial charge on any atom is 0.242 e. The van der Waals surface area contributed by atoms with Gasteiger partial charge in [0.2, 0.25) is 10.0 Å². The summed E-state index contributed by atoms with van der Waals surface area (Å²) in [5.74, 6) is 0.962. The van der Waals surface area contributed by atoms with Crippen molar-refractivity contribution in [2.75, 3.05) is 25.6 Å². The maximum absolute atomic E-state index is 12.3. The Hall–Kier alpha value is -1.18. The molecule has 0 amide bonds. The zero-order valence-corrected chi connectivity index (χ0v) is 12.6. The van der Waals surface area contributed by atoms with Gasteiger partial charge in [0.15, 0.2) is 0 Å². The van der Waals surface area contributed by atoms with Crippen LogP contribution in [0.25, 0.3) is 0 Å². The molecule has 1 atom stereocenters. The molecule has 1 aliphatic rings. The van der Waals surface area contributed by atoms with Crippen molar-refractivity contribution in [3.05, 3.63) is 18.3 Å². The highest BCUT2D eigenvalue weighted by atomic mass is 32.2. The lowest BCUT2D eigenvalue weighted by Crippen LogP contribution is -2.40. The Labute approximate surface area is 120 Å². The lowest BCUT2D eigenvalue weighted by atomic mass is 9.94. The van der Waals surface area contributed by atoms with E-state index >= 15 is 0 Å². The fourth-order valence-electron chi connectivity index (χ4n) is 2.31. The Bertz CT molecular complexity index is 524. The van der Waals surface area contributed by atoms with Crippen molar-refractivity contribution >= 4 is 15.8 Å². The molecule has 1 saturated heterocycles. The van der Waals surface area contributed by atoms with Crippen LogP contribution in [0.15, 0.2) is 23.2 Å². The molecule has 2 heterocycles. The van der Waals surface area contributed by atoms with Gasteiger partial charge < -0.3 is 10.1 Å². The van der Waals surface area contributed by atoms with Crippen LogP contribution in [0.3, 0.4) is 0 Å². The van der Waals surface area contributed by atoms with E-state index in [4.69, 9.17) is 4.74 Å². The molecule has 112 valence electrons. The fourth-order valence-corrected chi connectivity index (χ4v) is 3.57. The molecule has 1 aromatic rings. The Morgan fingerprint density at radius 2 is 2.05 bits per heavy atom.